The van der Waals surface area contributed by atoms with Gasteiger partial charge in [0.15, 0.2) is 14.9 Å². The zero-order valence-corrected chi connectivity index (χ0v) is 13.9. The second-order valence-electron chi connectivity index (χ2n) is 5.89. The van der Waals surface area contributed by atoms with E-state index in [9.17, 15) is 8.42 Å². The smallest absolute Gasteiger partial charge is 0.192 e. The molecule has 0 aromatic carbocycles. The summed E-state index contributed by atoms with van der Waals surface area (Å²) in [6.45, 7) is 0. The predicted molar refractivity (Wildman–Crippen MR) is 88.1 cm³/mol. The van der Waals surface area contributed by atoms with Gasteiger partial charge in [-0.2, -0.15) is 0 Å². The lowest BCUT2D eigenvalue weighted by atomic mass is 9.98. The Labute approximate surface area is 136 Å². The fourth-order valence-corrected chi connectivity index (χ4v) is 3.36. The first kappa shape index (κ1) is 15.9. The maximum Gasteiger partial charge on any atom is 0.192 e. The van der Waals surface area contributed by atoms with Crippen molar-refractivity contribution < 1.29 is 13.2 Å². The molecule has 0 spiro atoms. The summed E-state index contributed by atoms with van der Waals surface area (Å²) in [5, 5.41) is 0.0620. The van der Waals surface area contributed by atoms with Gasteiger partial charge in [0.1, 0.15) is 11.4 Å². The molecule has 0 radical (unpaired) electrons. The molecule has 1 aliphatic carbocycles. The Morgan fingerprint density at radius 3 is 2.52 bits per heavy atom. The Morgan fingerprint density at radius 1 is 1.09 bits per heavy atom. The van der Waals surface area contributed by atoms with Crippen molar-refractivity contribution in [2.24, 2.45) is 0 Å². The fraction of sp³-hybridized carbons (Fsp3) is 0.412. The number of hydrogen-bond acceptors (Lipinski definition) is 5. The molecule has 5 nitrogen and oxygen atoms in total. The molecule has 2 heterocycles. The average Bonchev–Trinajstić information content (AvgIpc) is 2.56. The first-order valence-electron chi connectivity index (χ1n) is 7.82. The molecule has 0 atom stereocenters. The predicted octanol–water partition coefficient (Wildman–Crippen LogP) is 3.26. The van der Waals surface area contributed by atoms with Gasteiger partial charge in [-0.25, -0.2) is 13.4 Å². The molecule has 0 unspecified atom stereocenters. The van der Waals surface area contributed by atoms with Crippen molar-refractivity contribution in [1.29, 1.82) is 0 Å². The van der Waals surface area contributed by atoms with Crippen molar-refractivity contribution in [3.8, 4) is 17.0 Å². The molecule has 0 bridgehead atoms. The second kappa shape index (κ2) is 6.66. The lowest BCUT2D eigenvalue weighted by Gasteiger charge is -2.23. The fourth-order valence-electron chi connectivity index (χ4n) is 2.80. The van der Waals surface area contributed by atoms with Crippen molar-refractivity contribution in [2.45, 2.75) is 43.2 Å². The molecule has 0 amide bonds. The summed E-state index contributed by atoms with van der Waals surface area (Å²) in [5.74, 6) is 0.730. The van der Waals surface area contributed by atoms with E-state index in [-0.39, 0.29) is 11.1 Å². The van der Waals surface area contributed by atoms with Gasteiger partial charge in [-0.3, -0.25) is 4.98 Å². The number of pyridine rings is 2. The largest absolute Gasteiger partial charge is 0.488 e. The van der Waals surface area contributed by atoms with Crippen molar-refractivity contribution >= 4 is 9.84 Å². The normalized spacial score (nSPS) is 16.2. The number of hydrogen-bond donors (Lipinski definition) is 0. The second-order valence-corrected chi connectivity index (χ2v) is 7.85. The molecule has 1 aliphatic rings. The highest BCUT2D eigenvalue weighted by molar-refractivity contribution is 7.90. The topological polar surface area (TPSA) is 69.2 Å². The summed E-state index contributed by atoms with van der Waals surface area (Å²) < 4.78 is 29.1. The molecule has 0 aliphatic heterocycles. The highest BCUT2D eigenvalue weighted by Crippen LogP contribution is 2.31. The van der Waals surface area contributed by atoms with Gasteiger partial charge in [-0.1, -0.05) is 6.42 Å². The zero-order valence-electron chi connectivity index (χ0n) is 13.1. The molecule has 1 saturated carbocycles. The highest BCUT2D eigenvalue weighted by Gasteiger charge is 2.18. The third kappa shape index (κ3) is 3.88. The van der Waals surface area contributed by atoms with E-state index >= 15 is 0 Å². The van der Waals surface area contributed by atoms with Crippen molar-refractivity contribution in [3.05, 3.63) is 36.7 Å². The molecule has 2 aromatic heterocycles. The van der Waals surface area contributed by atoms with Crippen LogP contribution in [0, 0.1) is 0 Å². The van der Waals surface area contributed by atoms with Gasteiger partial charge in [0.05, 0.1) is 6.10 Å². The van der Waals surface area contributed by atoms with Crippen LogP contribution in [0.25, 0.3) is 11.3 Å². The number of aromatic nitrogens is 2. The average molecular weight is 332 g/mol. The number of ether oxygens (including phenoxy) is 1. The Balaban J connectivity index is 1.87. The third-order valence-electron chi connectivity index (χ3n) is 4.01. The van der Waals surface area contributed by atoms with Crippen LogP contribution in [0.3, 0.4) is 0 Å². The van der Waals surface area contributed by atoms with Crippen LogP contribution >= 0.6 is 0 Å². The van der Waals surface area contributed by atoms with Crippen molar-refractivity contribution in [3.63, 3.8) is 0 Å². The summed E-state index contributed by atoms with van der Waals surface area (Å²) in [6.07, 6.45) is 10.4. The summed E-state index contributed by atoms with van der Waals surface area (Å²) in [7, 11) is -3.30. The number of nitrogens with zero attached hydrogens (tertiary/aromatic N) is 2. The van der Waals surface area contributed by atoms with Crippen LogP contribution in [0.4, 0.5) is 0 Å². The maximum absolute atomic E-state index is 11.5. The Morgan fingerprint density at radius 2 is 1.87 bits per heavy atom. The van der Waals surface area contributed by atoms with E-state index in [0.717, 1.165) is 30.4 Å². The van der Waals surface area contributed by atoms with Crippen LogP contribution in [-0.2, 0) is 9.84 Å². The molecular weight excluding hydrogens is 312 g/mol. The van der Waals surface area contributed by atoms with Gasteiger partial charge in [0.2, 0.25) is 0 Å². The molecule has 1 fully saturated rings. The van der Waals surface area contributed by atoms with Crippen LogP contribution in [0.1, 0.15) is 32.1 Å². The Bertz CT molecular complexity index is 767. The molecule has 3 rings (SSSR count). The van der Waals surface area contributed by atoms with Crippen molar-refractivity contribution in [2.75, 3.05) is 6.26 Å². The van der Waals surface area contributed by atoms with Gasteiger partial charge in [-0.05, 0) is 49.9 Å². The van der Waals surface area contributed by atoms with E-state index in [1.807, 2.05) is 12.1 Å². The molecule has 23 heavy (non-hydrogen) atoms. The highest BCUT2D eigenvalue weighted by atomic mass is 32.2. The SMILES string of the molecule is CS(=O)(=O)c1ccc(-c2ncccc2OC2CCCCC2)cn1. The van der Waals surface area contributed by atoms with Gasteiger partial charge in [0.25, 0.3) is 0 Å². The van der Waals surface area contributed by atoms with Gasteiger partial charge < -0.3 is 4.74 Å². The van der Waals surface area contributed by atoms with E-state index in [0.29, 0.717) is 5.69 Å². The minimum absolute atomic E-state index is 0.0620. The monoisotopic (exact) mass is 332 g/mol. The van der Waals surface area contributed by atoms with E-state index in [1.54, 1.807) is 12.3 Å². The van der Waals surface area contributed by atoms with Crippen LogP contribution in [-0.4, -0.2) is 30.7 Å². The number of sulfone groups is 1. The molecular formula is C17H20N2O3S. The summed E-state index contributed by atoms with van der Waals surface area (Å²) in [5.41, 5.74) is 1.45. The van der Waals surface area contributed by atoms with Crippen LogP contribution in [0.15, 0.2) is 41.7 Å². The van der Waals surface area contributed by atoms with Gasteiger partial charge in [0, 0.05) is 24.2 Å². The quantitative estimate of drug-likeness (QED) is 0.859. The zero-order chi connectivity index (χ0) is 16.3. The first-order chi connectivity index (χ1) is 11.0. The molecule has 6 heteroatoms. The third-order valence-corrected chi connectivity index (χ3v) is 5.01. The van der Waals surface area contributed by atoms with Crippen molar-refractivity contribution in [1.82, 2.24) is 9.97 Å². The van der Waals surface area contributed by atoms with Crippen LogP contribution < -0.4 is 4.74 Å². The maximum atomic E-state index is 11.5. The Kier molecular flexibility index (Phi) is 4.61. The summed E-state index contributed by atoms with van der Waals surface area (Å²) in [4.78, 5) is 8.42. The molecule has 122 valence electrons. The lowest BCUT2D eigenvalue weighted by molar-refractivity contribution is 0.155. The van der Waals surface area contributed by atoms with Gasteiger partial charge in [-0.15, -0.1) is 0 Å². The van der Waals surface area contributed by atoms with Crippen LogP contribution in [0.2, 0.25) is 0 Å². The minimum atomic E-state index is -3.30. The van der Waals surface area contributed by atoms with E-state index in [4.69, 9.17) is 4.74 Å². The summed E-state index contributed by atoms with van der Waals surface area (Å²) >= 11 is 0. The molecule has 0 saturated heterocycles. The lowest BCUT2D eigenvalue weighted by Crippen LogP contribution is -2.20. The Hall–Kier alpha value is -1.95. The molecule has 2 aromatic rings. The standard InChI is InChI=1S/C17H20N2O3S/c1-23(20,21)16-10-9-13(12-19-16)17-15(8-5-11-18-17)22-14-6-3-2-4-7-14/h5,8-12,14H,2-4,6-7H2,1H3. The minimum Gasteiger partial charge on any atom is -0.488 e. The number of rotatable bonds is 4. The van der Waals surface area contributed by atoms with E-state index < -0.39 is 9.84 Å². The van der Waals surface area contributed by atoms with E-state index in [1.165, 1.54) is 31.5 Å². The van der Waals surface area contributed by atoms with Crippen LogP contribution in [0.5, 0.6) is 5.75 Å². The summed E-state index contributed by atoms with van der Waals surface area (Å²) in [6, 6.07) is 6.98. The van der Waals surface area contributed by atoms with Gasteiger partial charge >= 0.3 is 0 Å². The molecule has 0 N–H and O–H groups in total. The first-order valence-corrected chi connectivity index (χ1v) is 9.71. The van der Waals surface area contributed by atoms with E-state index in [2.05, 4.69) is 9.97 Å².